The van der Waals surface area contributed by atoms with Crippen LogP contribution >= 0.6 is 0 Å². The first kappa shape index (κ1) is 13.5. The quantitative estimate of drug-likeness (QED) is 0.893. The van der Waals surface area contributed by atoms with Gasteiger partial charge in [-0.15, -0.1) is 0 Å². The molecule has 3 nitrogen and oxygen atoms in total. The first-order valence-electron chi connectivity index (χ1n) is 6.81. The Kier molecular flexibility index (Phi) is 4.50. The minimum absolute atomic E-state index is 0.0271. The standard InChI is InChI=1S/C16H20N2O/c1-3-6-14(17-12(2)19)11-15-10-9-13-7-4-5-8-16(13)18-15/h4-5,7-10,14H,3,6,11H2,1-2H3,(H,17,19)/t14-/m0/s1. The Balaban J connectivity index is 2.16. The van der Waals surface area contributed by atoms with Crippen molar-refractivity contribution in [3.63, 3.8) is 0 Å². The number of pyridine rings is 1. The van der Waals surface area contributed by atoms with Crippen LogP contribution in [0.15, 0.2) is 36.4 Å². The van der Waals surface area contributed by atoms with E-state index in [1.54, 1.807) is 6.92 Å². The van der Waals surface area contributed by atoms with Crippen LogP contribution in [0.25, 0.3) is 10.9 Å². The summed E-state index contributed by atoms with van der Waals surface area (Å²) in [7, 11) is 0. The van der Waals surface area contributed by atoms with Crippen LogP contribution in [-0.4, -0.2) is 16.9 Å². The van der Waals surface area contributed by atoms with Crippen LogP contribution in [-0.2, 0) is 11.2 Å². The van der Waals surface area contributed by atoms with Crippen LogP contribution < -0.4 is 5.32 Å². The van der Waals surface area contributed by atoms with Gasteiger partial charge in [-0.25, -0.2) is 0 Å². The number of nitrogens with one attached hydrogen (secondary N) is 1. The van der Waals surface area contributed by atoms with Gasteiger partial charge in [0.05, 0.1) is 5.52 Å². The molecular weight excluding hydrogens is 236 g/mol. The lowest BCUT2D eigenvalue weighted by molar-refractivity contribution is -0.119. The van der Waals surface area contributed by atoms with Crippen molar-refractivity contribution >= 4 is 16.8 Å². The molecule has 2 aromatic rings. The van der Waals surface area contributed by atoms with Crippen molar-refractivity contribution in [3.8, 4) is 0 Å². The average molecular weight is 256 g/mol. The molecule has 0 aliphatic heterocycles. The average Bonchev–Trinajstić information content (AvgIpc) is 2.38. The Hall–Kier alpha value is -1.90. The second-order valence-electron chi connectivity index (χ2n) is 4.89. The number of hydrogen-bond donors (Lipinski definition) is 1. The van der Waals surface area contributed by atoms with Crippen molar-refractivity contribution in [3.05, 3.63) is 42.1 Å². The fourth-order valence-electron chi connectivity index (χ4n) is 2.34. The minimum Gasteiger partial charge on any atom is -0.353 e. The number of hydrogen-bond acceptors (Lipinski definition) is 2. The van der Waals surface area contributed by atoms with Gasteiger partial charge in [-0.2, -0.15) is 0 Å². The van der Waals surface area contributed by atoms with Gasteiger partial charge in [-0.05, 0) is 18.6 Å². The van der Waals surface area contributed by atoms with Gasteiger partial charge in [0.25, 0.3) is 0 Å². The molecule has 0 aliphatic carbocycles. The zero-order valence-electron chi connectivity index (χ0n) is 11.5. The van der Waals surface area contributed by atoms with Crippen LogP contribution in [0.5, 0.6) is 0 Å². The van der Waals surface area contributed by atoms with E-state index in [-0.39, 0.29) is 11.9 Å². The highest BCUT2D eigenvalue weighted by Gasteiger charge is 2.11. The lowest BCUT2D eigenvalue weighted by Gasteiger charge is -2.16. The molecule has 3 heteroatoms. The molecule has 0 bridgehead atoms. The van der Waals surface area contributed by atoms with E-state index in [9.17, 15) is 4.79 Å². The molecule has 100 valence electrons. The number of nitrogens with zero attached hydrogens (tertiary/aromatic N) is 1. The Bertz CT molecular complexity index is 565. The van der Waals surface area contributed by atoms with E-state index in [0.717, 1.165) is 35.9 Å². The molecule has 0 spiro atoms. The van der Waals surface area contributed by atoms with E-state index in [0.29, 0.717) is 0 Å². The van der Waals surface area contributed by atoms with Crippen molar-refractivity contribution in [1.29, 1.82) is 0 Å². The fourth-order valence-corrected chi connectivity index (χ4v) is 2.34. The number of fused-ring (bicyclic) bond motifs is 1. The van der Waals surface area contributed by atoms with E-state index >= 15 is 0 Å². The van der Waals surface area contributed by atoms with E-state index in [1.807, 2.05) is 24.3 Å². The molecule has 0 aliphatic rings. The first-order valence-corrected chi connectivity index (χ1v) is 6.81. The molecule has 1 N–H and O–H groups in total. The van der Waals surface area contributed by atoms with Crippen molar-refractivity contribution in [2.24, 2.45) is 0 Å². The molecule has 19 heavy (non-hydrogen) atoms. The molecule has 0 saturated carbocycles. The number of benzene rings is 1. The third-order valence-corrected chi connectivity index (χ3v) is 3.16. The summed E-state index contributed by atoms with van der Waals surface area (Å²) in [6, 6.07) is 12.4. The third kappa shape index (κ3) is 3.78. The molecule has 1 atom stereocenters. The smallest absolute Gasteiger partial charge is 0.217 e. The maximum absolute atomic E-state index is 11.2. The fraction of sp³-hybridized carbons (Fsp3) is 0.375. The van der Waals surface area contributed by atoms with Crippen LogP contribution in [0, 0.1) is 0 Å². The Morgan fingerprint density at radius 2 is 2.05 bits per heavy atom. The van der Waals surface area contributed by atoms with Crippen molar-refractivity contribution in [1.82, 2.24) is 10.3 Å². The maximum Gasteiger partial charge on any atom is 0.217 e. The largest absolute Gasteiger partial charge is 0.353 e. The molecule has 0 saturated heterocycles. The number of para-hydroxylation sites is 1. The first-order chi connectivity index (χ1) is 9.19. The molecule has 1 aromatic heterocycles. The molecule has 0 fully saturated rings. The zero-order valence-corrected chi connectivity index (χ0v) is 11.5. The summed E-state index contributed by atoms with van der Waals surface area (Å²) in [5.41, 5.74) is 2.05. The molecule has 1 aromatic carbocycles. The van der Waals surface area contributed by atoms with Gasteiger partial charge >= 0.3 is 0 Å². The van der Waals surface area contributed by atoms with E-state index in [4.69, 9.17) is 0 Å². The molecule has 1 heterocycles. The van der Waals surface area contributed by atoms with E-state index in [1.165, 1.54) is 0 Å². The van der Waals surface area contributed by atoms with Crippen LogP contribution in [0.1, 0.15) is 32.4 Å². The molecule has 0 unspecified atom stereocenters. The van der Waals surface area contributed by atoms with Crippen LogP contribution in [0.4, 0.5) is 0 Å². The van der Waals surface area contributed by atoms with E-state index in [2.05, 4.69) is 29.4 Å². The lowest BCUT2D eigenvalue weighted by atomic mass is 10.0. The summed E-state index contributed by atoms with van der Waals surface area (Å²) in [6.45, 7) is 3.69. The predicted octanol–water partition coefficient (Wildman–Crippen LogP) is 3.08. The van der Waals surface area contributed by atoms with Gasteiger partial charge in [0.2, 0.25) is 5.91 Å². The third-order valence-electron chi connectivity index (χ3n) is 3.16. The highest BCUT2D eigenvalue weighted by Crippen LogP contribution is 2.13. The van der Waals surface area contributed by atoms with Crippen LogP contribution in [0.2, 0.25) is 0 Å². The van der Waals surface area contributed by atoms with Crippen LogP contribution in [0.3, 0.4) is 0 Å². The van der Waals surface area contributed by atoms with Gasteiger partial charge in [0, 0.05) is 30.5 Å². The summed E-state index contributed by atoms with van der Waals surface area (Å²) < 4.78 is 0. The molecule has 1 amide bonds. The number of amides is 1. The summed E-state index contributed by atoms with van der Waals surface area (Å²) in [5, 5.41) is 4.15. The monoisotopic (exact) mass is 256 g/mol. The minimum atomic E-state index is 0.0271. The zero-order chi connectivity index (χ0) is 13.7. The SMILES string of the molecule is CCC[C@@H](Cc1ccc2ccccc2n1)NC(C)=O. The maximum atomic E-state index is 11.2. The number of aromatic nitrogens is 1. The van der Waals surface area contributed by atoms with Gasteiger partial charge in [0.15, 0.2) is 0 Å². The molecule has 2 rings (SSSR count). The number of carbonyl (C=O) groups excluding carboxylic acids is 1. The normalized spacial score (nSPS) is 12.3. The molecule has 0 radical (unpaired) electrons. The highest BCUT2D eigenvalue weighted by molar-refractivity contribution is 5.78. The Morgan fingerprint density at radius 1 is 1.26 bits per heavy atom. The summed E-state index contributed by atoms with van der Waals surface area (Å²) in [4.78, 5) is 15.9. The highest BCUT2D eigenvalue weighted by atomic mass is 16.1. The predicted molar refractivity (Wildman–Crippen MR) is 78.0 cm³/mol. The van der Waals surface area contributed by atoms with Gasteiger partial charge < -0.3 is 5.32 Å². The van der Waals surface area contributed by atoms with Gasteiger partial charge in [-0.3, -0.25) is 9.78 Å². The Morgan fingerprint density at radius 3 is 2.79 bits per heavy atom. The van der Waals surface area contributed by atoms with E-state index < -0.39 is 0 Å². The lowest BCUT2D eigenvalue weighted by Crippen LogP contribution is -2.34. The van der Waals surface area contributed by atoms with Gasteiger partial charge in [-0.1, -0.05) is 37.6 Å². The summed E-state index contributed by atoms with van der Waals surface area (Å²) in [5.74, 6) is 0.0271. The second kappa shape index (κ2) is 6.32. The van der Waals surface area contributed by atoms with Crippen molar-refractivity contribution in [2.75, 3.05) is 0 Å². The Labute approximate surface area is 114 Å². The number of rotatable bonds is 5. The topological polar surface area (TPSA) is 42.0 Å². The van der Waals surface area contributed by atoms with Crippen molar-refractivity contribution < 1.29 is 4.79 Å². The van der Waals surface area contributed by atoms with Crippen molar-refractivity contribution in [2.45, 2.75) is 39.2 Å². The second-order valence-corrected chi connectivity index (χ2v) is 4.89. The molecular formula is C16H20N2O. The number of carbonyl (C=O) groups is 1. The summed E-state index contributed by atoms with van der Waals surface area (Å²) in [6.07, 6.45) is 2.82. The summed E-state index contributed by atoms with van der Waals surface area (Å²) >= 11 is 0. The van der Waals surface area contributed by atoms with Gasteiger partial charge in [0.1, 0.15) is 0 Å².